The van der Waals surface area contributed by atoms with E-state index in [1.165, 1.54) is 12.8 Å². The van der Waals surface area contributed by atoms with E-state index in [2.05, 4.69) is 29.5 Å². The molecule has 0 aliphatic heterocycles. The van der Waals surface area contributed by atoms with E-state index in [1.54, 1.807) is 0 Å². The van der Waals surface area contributed by atoms with E-state index in [4.69, 9.17) is 0 Å². The summed E-state index contributed by atoms with van der Waals surface area (Å²) in [5, 5.41) is 11.7. The molecule has 4 nitrogen and oxygen atoms in total. The fraction of sp³-hybridized carbons (Fsp3) is 0.538. The third-order valence-electron chi connectivity index (χ3n) is 3.27. The summed E-state index contributed by atoms with van der Waals surface area (Å²) >= 11 is 0. The maximum absolute atomic E-state index is 4.15. The van der Waals surface area contributed by atoms with Crippen molar-refractivity contribution in [3.8, 4) is 0 Å². The Morgan fingerprint density at radius 1 is 1.24 bits per heavy atom. The minimum Gasteiger partial charge on any atom is -0.298 e. The largest absolute Gasteiger partial charge is 0.298 e. The van der Waals surface area contributed by atoms with Crippen LogP contribution in [0.3, 0.4) is 0 Å². The van der Waals surface area contributed by atoms with Crippen molar-refractivity contribution in [2.24, 2.45) is 5.92 Å². The van der Waals surface area contributed by atoms with E-state index in [0.717, 1.165) is 30.2 Å². The van der Waals surface area contributed by atoms with E-state index in [1.807, 2.05) is 28.9 Å². The molecular formula is C13H20N4. The van der Waals surface area contributed by atoms with E-state index >= 15 is 0 Å². The van der Waals surface area contributed by atoms with Crippen LogP contribution in [-0.2, 0) is 6.67 Å². The molecule has 92 valence electrons. The Balaban J connectivity index is 1.95. The van der Waals surface area contributed by atoms with Gasteiger partial charge in [-0.3, -0.25) is 5.32 Å². The monoisotopic (exact) mass is 232 g/mol. The average molecular weight is 232 g/mol. The summed E-state index contributed by atoms with van der Waals surface area (Å²) in [6.07, 6.45) is 2.45. The molecule has 1 aromatic carbocycles. The lowest BCUT2D eigenvalue weighted by Gasteiger charge is -2.13. The second kappa shape index (κ2) is 5.77. The number of hydrogen-bond donors (Lipinski definition) is 1. The zero-order valence-corrected chi connectivity index (χ0v) is 10.6. The highest BCUT2D eigenvalue weighted by Crippen LogP contribution is 2.09. The third kappa shape index (κ3) is 2.82. The number of rotatable bonds is 6. The van der Waals surface area contributed by atoms with Crippen molar-refractivity contribution in [3.05, 3.63) is 24.3 Å². The van der Waals surface area contributed by atoms with Crippen molar-refractivity contribution in [2.45, 2.75) is 33.4 Å². The van der Waals surface area contributed by atoms with Gasteiger partial charge >= 0.3 is 0 Å². The molecule has 2 aromatic rings. The van der Waals surface area contributed by atoms with Crippen LogP contribution < -0.4 is 5.32 Å². The predicted molar refractivity (Wildman–Crippen MR) is 69.6 cm³/mol. The van der Waals surface area contributed by atoms with Crippen LogP contribution in [0, 0.1) is 5.92 Å². The molecule has 0 bridgehead atoms. The lowest BCUT2D eigenvalue weighted by atomic mass is 10.0. The number of benzene rings is 1. The van der Waals surface area contributed by atoms with E-state index in [9.17, 15) is 0 Å². The molecule has 0 saturated carbocycles. The third-order valence-corrected chi connectivity index (χ3v) is 3.27. The van der Waals surface area contributed by atoms with Gasteiger partial charge in [0.1, 0.15) is 5.52 Å². The predicted octanol–water partition coefficient (Wildman–Crippen LogP) is 2.41. The van der Waals surface area contributed by atoms with Crippen LogP contribution in [0.4, 0.5) is 0 Å². The zero-order chi connectivity index (χ0) is 12.1. The normalized spacial score (nSPS) is 11.5. The smallest absolute Gasteiger partial charge is 0.113 e. The molecule has 0 radical (unpaired) electrons. The first-order valence-electron chi connectivity index (χ1n) is 6.34. The van der Waals surface area contributed by atoms with Crippen molar-refractivity contribution in [3.63, 3.8) is 0 Å². The number of fused-ring (bicyclic) bond motifs is 1. The zero-order valence-electron chi connectivity index (χ0n) is 10.6. The Bertz CT molecular complexity index is 459. The molecule has 4 heteroatoms. The Hall–Kier alpha value is -1.42. The van der Waals surface area contributed by atoms with Gasteiger partial charge in [0.15, 0.2) is 0 Å². The van der Waals surface area contributed by atoms with Crippen molar-refractivity contribution >= 4 is 11.0 Å². The minimum absolute atomic E-state index is 0.733. The van der Waals surface area contributed by atoms with Crippen LogP contribution in [-0.4, -0.2) is 21.5 Å². The lowest BCUT2D eigenvalue weighted by molar-refractivity contribution is 0.410. The summed E-state index contributed by atoms with van der Waals surface area (Å²) in [6, 6.07) is 8.04. The van der Waals surface area contributed by atoms with E-state index < -0.39 is 0 Å². The van der Waals surface area contributed by atoms with Crippen molar-refractivity contribution in [1.29, 1.82) is 0 Å². The molecule has 0 aliphatic carbocycles. The van der Waals surface area contributed by atoms with Crippen LogP contribution in [0.15, 0.2) is 24.3 Å². The second-order valence-corrected chi connectivity index (χ2v) is 4.37. The fourth-order valence-electron chi connectivity index (χ4n) is 1.99. The van der Waals surface area contributed by atoms with Crippen LogP contribution in [0.25, 0.3) is 11.0 Å². The summed E-state index contributed by atoms with van der Waals surface area (Å²) in [7, 11) is 0. The Labute approximate surface area is 102 Å². The maximum Gasteiger partial charge on any atom is 0.113 e. The average Bonchev–Trinajstić information content (AvgIpc) is 2.78. The van der Waals surface area contributed by atoms with Crippen LogP contribution >= 0.6 is 0 Å². The SMILES string of the molecule is CCC(CC)CNCn1nnc2ccccc21. The summed E-state index contributed by atoms with van der Waals surface area (Å²) in [6.45, 7) is 6.25. The number of aromatic nitrogens is 3. The highest BCUT2D eigenvalue weighted by Gasteiger charge is 2.05. The fourth-order valence-corrected chi connectivity index (χ4v) is 1.99. The summed E-state index contributed by atoms with van der Waals surface area (Å²) < 4.78 is 1.91. The molecule has 17 heavy (non-hydrogen) atoms. The Morgan fingerprint density at radius 2 is 2.00 bits per heavy atom. The van der Waals surface area contributed by atoms with Gasteiger partial charge in [-0.05, 0) is 24.6 Å². The molecule has 1 heterocycles. The van der Waals surface area contributed by atoms with Gasteiger partial charge in [0.05, 0.1) is 12.2 Å². The molecule has 0 amide bonds. The summed E-state index contributed by atoms with van der Waals surface area (Å²) in [5.41, 5.74) is 2.04. The van der Waals surface area contributed by atoms with E-state index in [0.29, 0.717) is 0 Å². The van der Waals surface area contributed by atoms with Crippen LogP contribution in [0.5, 0.6) is 0 Å². The highest BCUT2D eigenvalue weighted by molar-refractivity contribution is 5.73. The van der Waals surface area contributed by atoms with Crippen LogP contribution in [0.2, 0.25) is 0 Å². The Morgan fingerprint density at radius 3 is 2.76 bits per heavy atom. The lowest BCUT2D eigenvalue weighted by Crippen LogP contribution is -2.25. The molecule has 0 atom stereocenters. The van der Waals surface area contributed by atoms with Gasteiger partial charge in [-0.25, -0.2) is 4.68 Å². The summed E-state index contributed by atoms with van der Waals surface area (Å²) in [5.74, 6) is 0.754. The summed E-state index contributed by atoms with van der Waals surface area (Å²) in [4.78, 5) is 0. The number of nitrogens with zero attached hydrogens (tertiary/aromatic N) is 3. The van der Waals surface area contributed by atoms with Gasteiger partial charge in [0.25, 0.3) is 0 Å². The Kier molecular flexibility index (Phi) is 4.09. The first-order valence-corrected chi connectivity index (χ1v) is 6.34. The number of hydrogen-bond acceptors (Lipinski definition) is 3. The molecule has 2 rings (SSSR count). The molecule has 0 fully saturated rings. The number of para-hydroxylation sites is 1. The number of nitrogens with one attached hydrogen (secondary N) is 1. The highest BCUT2D eigenvalue weighted by atomic mass is 15.4. The standard InChI is InChI=1S/C13H20N4/c1-3-11(4-2)9-14-10-17-13-8-6-5-7-12(13)15-16-17/h5-8,11,14H,3-4,9-10H2,1-2H3. The van der Waals surface area contributed by atoms with Gasteiger partial charge in [-0.15, -0.1) is 5.10 Å². The van der Waals surface area contributed by atoms with Gasteiger partial charge in [-0.2, -0.15) is 0 Å². The van der Waals surface area contributed by atoms with Gasteiger partial charge in [0, 0.05) is 0 Å². The molecule has 1 aromatic heterocycles. The molecular weight excluding hydrogens is 212 g/mol. The molecule has 0 unspecified atom stereocenters. The topological polar surface area (TPSA) is 42.7 Å². The molecule has 0 aliphatic rings. The quantitative estimate of drug-likeness (QED) is 0.831. The van der Waals surface area contributed by atoms with E-state index in [-0.39, 0.29) is 0 Å². The van der Waals surface area contributed by atoms with Crippen molar-refractivity contribution in [2.75, 3.05) is 6.54 Å². The minimum atomic E-state index is 0.733. The van der Waals surface area contributed by atoms with Crippen molar-refractivity contribution < 1.29 is 0 Å². The molecule has 0 saturated heterocycles. The first kappa shape index (κ1) is 12.0. The van der Waals surface area contributed by atoms with Gasteiger partial charge in [-0.1, -0.05) is 44.0 Å². The molecule has 1 N–H and O–H groups in total. The van der Waals surface area contributed by atoms with Crippen LogP contribution in [0.1, 0.15) is 26.7 Å². The second-order valence-electron chi connectivity index (χ2n) is 4.37. The van der Waals surface area contributed by atoms with Gasteiger partial charge in [0.2, 0.25) is 0 Å². The molecule has 0 spiro atoms. The first-order chi connectivity index (χ1) is 8.35. The maximum atomic E-state index is 4.15. The van der Waals surface area contributed by atoms with Gasteiger partial charge < -0.3 is 0 Å². The van der Waals surface area contributed by atoms with Crippen molar-refractivity contribution in [1.82, 2.24) is 20.3 Å².